The minimum absolute atomic E-state index is 0.198. The van der Waals surface area contributed by atoms with Crippen LogP contribution in [0.15, 0.2) is 57.2 Å². The standard InChI is InChI=1S/C21H23N3O2S2/c1-13(2)17-10-9-16(11-14(17)3)26-15(4)20(25)23-18-7-5-6-8-19(18)28-21-24-22-12-27-21/h5-13,15H,1-4H3,(H,23,25). The highest BCUT2D eigenvalue weighted by Gasteiger charge is 2.17. The van der Waals surface area contributed by atoms with Crippen LogP contribution in [0, 0.1) is 6.92 Å². The number of aryl methyl sites for hydroxylation is 1. The topological polar surface area (TPSA) is 64.1 Å². The minimum Gasteiger partial charge on any atom is -0.481 e. The highest BCUT2D eigenvalue weighted by molar-refractivity contribution is 8.01. The van der Waals surface area contributed by atoms with Gasteiger partial charge in [-0.15, -0.1) is 10.2 Å². The lowest BCUT2D eigenvalue weighted by atomic mass is 9.98. The largest absolute Gasteiger partial charge is 0.481 e. The predicted molar refractivity (Wildman–Crippen MR) is 114 cm³/mol. The molecule has 2 aromatic carbocycles. The Bertz CT molecular complexity index is 943. The summed E-state index contributed by atoms with van der Waals surface area (Å²) in [6.45, 7) is 8.14. The van der Waals surface area contributed by atoms with Gasteiger partial charge < -0.3 is 10.1 Å². The Labute approximate surface area is 173 Å². The van der Waals surface area contributed by atoms with Gasteiger partial charge in [-0.2, -0.15) is 0 Å². The maximum atomic E-state index is 12.7. The summed E-state index contributed by atoms with van der Waals surface area (Å²) in [7, 11) is 0. The summed E-state index contributed by atoms with van der Waals surface area (Å²) in [5.74, 6) is 0.953. The Kier molecular flexibility index (Phi) is 6.70. The maximum absolute atomic E-state index is 12.7. The van der Waals surface area contributed by atoms with Crippen molar-refractivity contribution in [3.63, 3.8) is 0 Å². The molecule has 3 aromatic rings. The van der Waals surface area contributed by atoms with Crippen LogP contribution in [0.5, 0.6) is 5.75 Å². The molecule has 28 heavy (non-hydrogen) atoms. The number of nitrogens with one attached hydrogen (secondary N) is 1. The molecule has 0 aliphatic heterocycles. The Morgan fingerprint density at radius 2 is 1.96 bits per heavy atom. The van der Waals surface area contributed by atoms with Gasteiger partial charge in [0.05, 0.1) is 5.69 Å². The molecule has 0 bridgehead atoms. The number of aromatic nitrogens is 2. The number of anilines is 1. The first kappa shape index (κ1) is 20.4. The minimum atomic E-state index is -0.621. The number of amides is 1. The average molecular weight is 414 g/mol. The van der Waals surface area contributed by atoms with Crippen LogP contribution in [0.1, 0.15) is 37.8 Å². The normalized spacial score (nSPS) is 12.0. The Balaban J connectivity index is 1.67. The molecule has 1 atom stereocenters. The van der Waals surface area contributed by atoms with Gasteiger partial charge in [0.2, 0.25) is 0 Å². The van der Waals surface area contributed by atoms with Crippen molar-refractivity contribution in [2.45, 2.75) is 49.0 Å². The fourth-order valence-corrected chi connectivity index (χ4v) is 4.34. The predicted octanol–water partition coefficient (Wildman–Crippen LogP) is 5.53. The first-order valence-corrected chi connectivity index (χ1v) is 10.7. The molecular formula is C21H23N3O2S2. The highest BCUT2D eigenvalue weighted by atomic mass is 32.2. The number of rotatable bonds is 7. The van der Waals surface area contributed by atoms with Gasteiger partial charge in [-0.3, -0.25) is 4.79 Å². The Morgan fingerprint density at radius 3 is 2.64 bits per heavy atom. The second kappa shape index (κ2) is 9.21. The van der Waals surface area contributed by atoms with E-state index in [0.717, 1.165) is 14.9 Å². The summed E-state index contributed by atoms with van der Waals surface area (Å²) in [6, 6.07) is 13.6. The van der Waals surface area contributed by atoms with E-state index in [9.17, 15) is 4.79 Å². The van der Waals surface area contributed by atoms with Crippen molar-refractivity contribution in [2.24, 2.45) is 0 Å². The van der Waals surface area contributed by atoms with Crippen LogP contribution in [0.25, 0.3) is 0 Å². The number of carbonyl (C=O) groups is 1. The molecule has 1 heterocycles. The molecule has 5 nitrogen and oxygen atoms in total. The molecule has 1 aromatic heterocycles. The molecule has 1 N–H and O–H groups in total. The first-order valence-electron chi connectivity index (χ1n) is 9.05. The molecular weight excluding hydrogens is 390 g/mol. The molecule has 0 radical (unpaired) electrons. The number of benzene rings is 2. The summed E-state index contributed by atoms with van der Waals surface area (Å²) in [5, 5.41) is 10.9. The second-order valence-corrected chi connectivity index (χ2v) is 8.85. The number of hydrogen-bond donors (Lipinski definition) is 1. The molecule has 0 saturated heterocycles. The summed E-state index contributed by atoms with van der Waals surface area (Å²) in [6.07, 6.45) is -0.621. The lowest BCUT2D eigenvalue weighted by Crippen LogP contribution is -2.30. The number of carbonyl (C=O) groups excluding carboxylic acids is 1. The average Bonchev–Trinajstić information content (AvgIpc) is 3.16. The molecule has 0 aliphatic carbocycles. The van der Waals surface area contributed by atoms with Crippen LogP contribution in [0.2, 0.25) is 0 Å². The van der Waals surface area contributed by atoms with Crippen molar-refractivity contribution in [3.05, 3.63) is 59.1 Å². The fourth-order valence-electron chi connectivity index (χ4n) is 2.82. The van der Waals surface area contributed by atoms with Gasteiger partial charge in [-0.25, -0.2) is 0 Å². The molecule has 1 unspecified atom stereocenters. The molecule has 0 saturated carbocycles. The third-order valence-electron chi connectivity index (χ3n) is 4.23. The smallest absolute Gasteiger partial charge is 0.265 e. The molecule has 146 valence electrons. The van der Waals surface area contributed by atoms with Crippen molar-refractivity contribution in [2.75, 3.05) is 5.32 Å². The second-order valence-electron chi connectivity index (χ2n) is 6.73. The zero-order valence-electron chi connectivity index (χ0n) is 16.3. The molecule has 1 amide bonds. The van der Waals surface area contributed by atoms with E-state index < -0.39 is 6.10 Å². The number of hydrogen-bond acceptors (Lipinski definition) is 6. The van der Waals surface area contributed by atoms with Crippen molar-refractivity contribution >= 4 is 34.7 Å². The third kappa shape index (κ3) is 5.11. The monoisotopic (exact) mass is 413 g/mol. The van der Waals surface area contributed by atoms with Gasteiger partial charge in [0.15, 0.2) is 10.4 Å². The summed E-state index contributed by atoms with van der Waals surface area (Å²) in [5.41, 5.74) is 4.87. The van der Waals surface area contributed by atoms with Gasteiger partial charge in [0.1, 0.15) is 11.3 Å². The van der Waals surface area contributed by atoms with E-state index in [1.807, 2.05) is 36.4 Å². The summed E-state index contributed by atoms with van der Waals surface area (Å²) in [4.78, 5) is 13.6. The van der Waals surface area contributed by atoms with Gasteiger partial charge in [-0.1, -0.05) is 55.1 Å². The number of para-hydroxylation sites is 1. The molecule has 3 rings (SSSR count). The van der Waals surface area contributed by atoms with Gasteiger partial charge in [0, 0.05) is 4.90 Å². The van der Waals surface area contributed by atoms with E-state index in [1.165, 1.54) is 34.2 Å². The van der Waals surface area contributed by atoms with E-state index in [2.05, 4.69) is 42.4 Å². The highest BCUT2D eigenvalue weighted by Crippen LogP contribution is 2.34. The summed E-state index contributed by atoms with van der Waals surface area (Å²) >= 11 is 2.94. The Morgan fingerprint density at radius 1 is 1.18 bits per heavy atom. The van der Waals surface area contributed by atoms with Gasteiger partial charge in [-0.05, 0) is 55.2 Å². The maximum Gasteiger partial charge on any atom is 0.265 e. The van der Waals surface area contributed by atoms with E-state index in [1.54, 1.807) is 12.4 Å². The van der Waals surface area contributed by atoms with Crippen LogP contribution >= 0.6 is 23.1 Å². The number of nitrogens with zero attached hydrogens (tertiary/aromatic N) is 2. The zero-order valence-corrected chi connectivity index (χ0v) is 17.9. The van der Waals surface area contributed by atoms with Crippen LogP contribution in [0.3, 0.4) is 0 Å². The lowest BCUT2D eigenvalue weighted by molar-refractivity contribution is -0.122. The SMILES string of the molecule is Cc1cc(OC(C)C(=O)Nc2ccccc2Sc2nncs2)ccc1C(C)C. The van der Waals surface area contributed by atoms with Crippen LogP contribution in [0.4, 0.5) is 5.69 Å². The summed E-state index contributed by atoms with van der Waals surface area (Å²) < 4.78 is 6.70. The molecule has 0 fully saturated rings. The lowest BCUT2D eigenvalue weighted by Gasteiger charge is -2.17. The van der Waals surface area contributed by atoms with E-state index in [-0.39, 0.29) is 5.91 Å². The van der Waals surface area contributed by atoms with Gasteiger partial charge in [0.25, 0.3) is 5.91 Å². The van der Waals surface area contributed by atoms with Crippen molar-refractivity contribution in [3.8, 4) is 5.75 Å². The van der Waals surface area contributed by atoms with Crippen molar-refractivity contribution < 1.29 is 9.53 Å². The zero-order chi connectivity index (χ0) is 20.1. The van der Waals surface area contributed by atoms with Gasteiger partial charge >= 0.3 is 0 Å². The van der Waals surface area contributed by atoms with Crippen molar-refractivity contribution in [1.29, 1.82) is 0 Å². The Hall–Kier alpha value is -2.38. The van der Waals surface area contributed by atoms with Crippen LogP contribution < -0.4 is 10.1 Å². The molecule has 0 aliphatic rings. The first-order chi connectivity index (χ1) is 13.4. The molecule has 7 heteroatoms. The van der Waals surface area contributed by atoms with E-state index >= 15 is 0 Å². The fraction of sp³-hybridized carbons (Fsp3) is 0.286. The van der Waals surface area contributed by atoms with E-state index in [0.29, 0.717) is 11.7 Å². The van der Waals surface area contributed by atoms with E-state index in [4.69, 9.17) is 4.74 Å². The van der Waals surface area contributed by atoms with Crippen LogP contribution in [-0.4, -0.2) is 22.2 Å². The van der Waals surface area contributed by atoms with Crippen LogP contribution in [-0.2, 0) is 4.79 Å². The number of ether oxygens (including phenoxy) is 1. The molecule has 0 spiro atoms. The quantitative estimate of drug-likeness (QED) is 0.552. The van der Waals surface area contributed by atoms with Crippen molar-refractivity contribution in [1.82, 2.24) is 10.2 Å². The third-order valence-corrected chi connectivity index (χ3v) is 6.08.